The zero-order valence-corrected chi connectivity index (χ0v) is 21.2. The van der Waals surface area contributed by atoms with Gasteiger partial charge in [0, 0.05) is 42.2 Å². The number of hydrogen-bond donors (Lipinski definition) is 0. The molecule has 11 nitrogen and oxygen atoms in total. The second kappa shape index (κ2) is 12.2. The molecule has 0 aliphatic heterocycles. The van der Waals surface area contributed by atoms with Gasteiger partial charge in [-0.3, -0.25) is 30.0 Å². The largest absolute Gasteiger partial charge is 0.573 e. The molecular weight excluding hydrogens is 654 g/mol. The van der Waals surface area contributed by atoms with Crippen molar-refractivity contribution in [1.82, 2.24) is 0 Å². The van der Waals surface area contributed by atoms with Crippen LogP contribution in [0.15, 0.2) is 36.4 Å². The molecule has 0 saturated carbocycles. The van der Waals surface area contributed by atoms with E-state index in [0.29, 0.717) is 11.1 Å². The third-order valence-corrected chi connectivity index (χ3v) is 5.67. The van der Waals surface area contributed by atoms with Crippen LogP contribution in [-0.4, -0.2) is 29.2 Å². The lowest BCUT2D eigenvalue weighted by atomic mass is 10.0. The molecule has 2 aromatic carbocycles. The Bertz CT molecular complexity index is 925. The molecule has 172 valence electrons. The molecule has 0 fully saturated rings. The van der Waals surface area contributed by atoms with Crippen molar-refractivity contribution in [3.63, 3.8) is 0 Å². The van der Waals surface area contributed by atoms with Crippen LogP contribution in [0.1, 0.15) is 36.8 Å². The number of nitrogens with zero attached hydrogens (tertiary/aromatic N) is 2. The van der Waals surface area contributed by atoms with E-state index >= 15 is 0 Å². The molecule has 2 rings (SSSR count). The van der Waals surface area contributed by atoms with Crippen LogP contribution in [-0.2, 0) is 19.6 Å². The minimum Gasteiger partial charge on any atom is -0.258 e. The molecule has 0 aromatic heterocycles. The number of halogens is 2. The fraction of sp³-hybridized carbons (Fsp3) is 0.316. The van der Waals surface area contributed by atoms with Crippen molar-refractivity contribution in [2.75, 3.05) is 13.2 Å². The second-order valence-corrected chi connectivity index (χ2v) is 9.20. The van der Waals surface area contributed by atoms with Crippen molar-refractivity contribution in [2.45, 2.75) is 25.7 Å². The van der Waals surface area contributed by atoms with E-state index < -0.39 is 27.8 Å². The van der Waals surface area contributed by atoms with Crippen LogP contribution in [0.2, 0.25) is 0 Å². The first-order valence-electron chi connectivity index (χ1n) is 9.10. The summed E-state index contributed by atoms with van der Waals surface area (Å²) in [5, 5.41) is 22.3. The topological polar surface area (TPSA) is 140 Å². The normalized spacial score (nSPS) is 12.6. The Kier molecular flexibility index (Phi) is 9.98. The lowest BCUT2D eigenvalue weighted by molar-refractivity contribution is -0.386. The smallest absolute Gasteiger partial charge is 0.258 e. The molecule has 0 N–H and O–H groups in total. The zero-order chi connectivity index (χ0) is 23.8. The summed E-state index contributed by atoms with van der Waals surface area (Å²) in [4.78, 5) is 51.6. The van der Waals surface area contributed by atoms with Crippen LogP contribution in [0.4, 0.5) is 16.2 Å². The minimum absolute atomic E-state index is 0.0638. The fourth-order valence-electron chi connectivity index (χ4n) is 2.73. The van der Waals surface area contributed by atoms with Crippen LogP contribution in [0.3, 0.4) is 0 Å². The van der Waals surface area contributed by atoms with Gasteiger partial charge in [0.05, 0.1) is 9.85 Å². The minimum atomic E-state index is -1.28. The standard InChI is InChI=1S/C19H18I2N2O9/c1-11(15-7-13(20)3-5-17(15)22(25)26)9-29-31-19(24)32-30-10-12(2)16-8-14(21)4-6-18(16)23(27)28/h3-8,11-12H,9-10H2,1-2H3. The van der Waals surface area contributed by atoms with E-state index in [2.05, 4.69) is 9.78 Å². The summed E-state index contributed by atoms with van der Waals surface area (Å²) < 4.78 is 1.62. The third kappa shape index (κ3) is 7.49. The summed E-state index contributed by atoms with van der Waals surface area (Å²) in [6, 6.07) is 9.34. The van der Waals surface area contributed by atoms with Crippen molar-refractivity contribution in [3.05, 3.63) is 74.9 Å². The fourth-order valence-corrected chi connectivity index (χ4v) is 3.77. The first kappa shape index (κ1) is 26.1. The van der Waals surface area contributed by atoms with Crippen molar-refractivity contribution in [3.8, 4) is 0 Å². The Hall–Kier alpha value is -2.11. The van der Waals surface area contributed by atoms with Crippen LogP contribution in [0.25, 0.3) is 0 Å². The SMILES string of the molecule is CC(COOC(=O)OOCC(C)c1cc(I)ccc1[N+](=O)[O-])c1cc(I)ccc1[N+](=O)[O-]. The number of rotatable bonds is 10. The highest BCUT2D eigenvalue weighted by Gasteiger charge is 2.22. The van der Waals surface area contributed by atoms with E-state index in [-0.39, 0.29) is 24.6 Å². The summed E-state index contributed by atoms with van der Waals surface area (Å²) in [6.07, 6.45) is -1.28. The van der Waals surface area contributed by atoms with Crippen LogP contribution in [0, 0.1) is 27.4 Å². The number of nitro groups is 2. The average Bonchev–Trinajstić information content (AvgIpc) is 2.72. The molecule has 0 aliphatic carbocycles. The quantitative estimate of drug-likeness (QED) is 0.136. The number of benzene rings is 2. The summed E-state index contributed by atoms with van der Waals surface area (Å²) in [7, 11) is 0. The maximum Gasteiger partial charge on any atom is 0.573 e. The van der Waals surface area contributed by atoms with Gasteiger partial charge in [0.1, 0.15) is 13.2 Å². The van der Waals surface area contributed by atoms with Gasteiger partial charge in [-0.05, 0) is 69.4 Å². The Labute approximate surface area is 209 Å². The molecule has 32 heavy (non-hydrogen) atoms. The molecule has 0 heterocycles. The summed E-state index contributed by atoms with van der Waals surface area (Å²) in [5.41, 5.74) is 0.739. The molecule has 0 bridgehead atoms. The van der Waals surface area contributed by atoms with Gasteiger partial charge in [-0.25, -0.2) is 0 Å². The predicted molar refractivity (Wildman–Crippen MR) is 128 cm³/mol. The zero-order valence-electron chi connectivity index (χ0n) is 16.9. The second-order valence-electron chi connectivity index (χ2n) is 6.71. The first-order chi connectivity index (χ1) is 15.1. The van der Waals surface area contributed by atoms with Crippen LogP contribution < -0.4 is 0 Å². The average molecular weight is 672 g/mol. The van der Waals surface area contributed by atoms with Gasteiger partial charge in [0.25, 0.3) is 11.4 Å². The molecule has 13 heteroatoms. The number of carbonyl (C=O) groups excluding carboxylic acids is 1. The summed E-state index contributed by atoms with van der Waals surface area (Å²) in [5.74, 6) is -0.889. The molecule has 2 aromatic rings. The molecule has 0 aliphatic rings. The molecular formula is C19H18I2N2O9. The Balaban J connectivity index is 1.81. The summed E-state index contributed by atoms with van der Waals surface area (Å²) >= 11 is 4.07. The van der Waals surface area contributed by atoms with Gasteiger partial charge in [-0.15, -0.1) is 0 Å². The monoisotopic (exact) mass is 672 g/mol. The Morgan fingerprint density at radius 3 is 1.56 bits per heavy atom. The third-order valence-electron chi connectivity index (χ3n) is 4.32. The number of nitro benzene ring substituents is 2. The van der Waals surface area contributed by atoms with Gasteiger partial charge in [-0.1, -0.05) is 13.8 Å². The van der Waals surface area contributed by atoms with Crippen molar-refractivity contribution >= 4 is 62.7 Å². The van der Waals surface area contributed by atoms with Crippen molar-refractivity contribution in [2.24, 2.45) is 0 Å². The first-order valence-corrected chi connectivity index (χ1v) is 11.3. The predicted octanol–water partition coefficient (Wildman–Crippen LogP) is 5.64. The molecule has 0 spiro atoms. The van der Waals surface area contributed by atoms with E-state index in [4.69, 9.17) is 9.78 Å². The van der Waals surface area contributed by atoms with Crippen LogP contribution >= 0.6 is 45.2 Å². The molecule has 2 unspecified atom stereocenters. The maximum absolute atomic E-state index is 11.6. The van der Waals surface area contributed by atoms with E-state index in [9.17, 15) is 25.0 Å². The van der Waals surface area contributed by atoms with Gasteiger partial charge >= 0.3 is 6.16 Å². The highest BCUT2D eigenvalue weighted by Crippen LogP contribution is 2.29. The lowest BCUT2D eigenvalue weighted by Gasteiger charge is -2.13. The highest BCUT2D eigenvalue weighted by atomic mass is 127. The van der Waals surface area contributed by atoms with E-state index in [1.807, 2.05) is 45.2 Å². The van der Waals surface area contributed by atoms with Gasteiger partial charge in [0.15, 0.2) is 0 Å². The van der Waals surface area contributed by atoms with E-state index in [1.165, 1.54) is 12.1 Å². The van der Waals surface area contributed by atoms with Crippen LogP contribution in [0.5, 0.6) is 0 Å². The number of carbonyl (C=O) groups is 1. The van der Waals surface area contributed by atoms with E-state index in [0.717, 1.165) is 7.14 Å². The van der Waals surface area contributed by atoms with Gasteiger partial charge < -0.3 is 0 Å². The molecule has 0 radical (unpaired) electrons. The van der Waals surface area contributed by atoms with Crippen molar-refractivity contribution < 1.29 is 34.2 Å². The van der Waals surface area contributed by atoms with Gasteiger partial charge in [0.2, 0.25) is 0 Å². The molecule has 0 amide bonds. The number of hydrogen-bond acceptors (Lipinski definition) is 9. The van der Waals surface area contributed by atoms with Gasteiger partial charge in [-0.2, -0.15) is 14.6 Å². The lowest BCUT2D eigenvalue weighted by Crippen LogP contribution is -2.15. The summed E-state index contributed by atoms with van der Waals surface area (Å²) in [6.45, 7) is 3.06. The highest BCUT2D eigenvalue weighted by molar-refractivity contribution is 14.1. The van der Waals surface area contributed by atoms with Crippen molar-refractivity contribution in [1.29, 1.82) is 0 Å². The molecule has 2 atom stereocenters. The Morgan fingerprint density at radius 1 is 0.844 bits per heavy atom. The van der Waals surface area contributed by atoms with E-state index in [1.54, 1.807) is 38.1 Å². The Morgan fingerprint density at radius 2 is 1.22 bits per heavy atom. The maximum atomic E-state index is 11.6. The molecule has 0 saturated heterocycles.